The smallest absolute Gasteiger partial charge is 0.0252 e. The van der Waals surface area contributed by atoms with Crippen molar-refractivity contribution < 1.29 is 0 Å². The molecule has 2 aliphatic rings. The van der Waals surface area contributed by atoms with Crippen LogP contribution in [-0.4, -0.2) is 30.1 Å². The number of benzene rings is 1. The molecule has 2 saturated heterocycles. The summed E-state index contributed by atoms with van der Waals surface area (Å²) < 4.78 is 1.22. The fourth-order valence-corrected chi connectivity index (χ4v) is 3.99. The van der Waals surface area contributed by atoms with Crippen LogP contribution in [0.15, 0.2) is 22.7 Å². The average molecular weight is 337 g/mol. The number of nitrogens with zero attached hydrogens (tertiary/aromatic N) is 1. The highest BCUT2D eigenvalue weighted by molar-refractivity contribution is 9.10. The summed E-state index contributed by atoms with van der Waals surface area (Å²) in [7, 11) is 0. The van der Waals surface area contributed by atoms with Crippen LogP contribution >= 0.6 is 15.9 Å². The molecule has 0 saturated carbocycles. The largest absolute Gasteiger partial charge is 0.312 e. The molecule has 2 fully saturated rings. The normalized spacial score (nSPS) is 27.9. The second-order valence-electron chi connectivity index (χ2n) is 6.32. The number of halogens is 1. The number of rotatable bonds is 3. The molecule has 2 nitrogen and oxygen atoms in total. The van der Waals surface area contributed by atoms with Crippen LogP contribution in [0.25, 0.3) is 0 Å². The van der Waals surface area contributed by atoms with Crippen molar-refractivity contribution in [3.63, 3.8) is 0 Å². The summed E-state index contributed by atoms with van der Waals surface area (Å²) in [5.74, 6) is 0. The van der Waals surface area contributed by atoms with Crippen molar-refractivity contribution in [2.45, 2.75) is 57.7 Å². The second-order valence-corrected chi connectivity index (χ2v) is 7.17. The Morgan fingerprint density at radius 1 is 1.25 bits per heavy atom. The van der Waals surface area contributed by atoms with E-state index in [9.17, 15) is 0 Å². The number of piperidine rings is 1. The minimum Gasteiger partial charge on any atom is -0.312 e. The van der Waals surface area contributed by atoms with Gasteiger partial charge in [0.25, 0.3) is 0 Å². The van der Waals surface area contributed by atoms with Gasteiger partial charge < -0.3 is 5.32 Å². The van der Waals surface area contributed by atoms with E-state index < -0.39 is 0 Å². The van der Waals surface area contributed by atoms with Gasteiger partial charge in [0.2, 0.25) is 0 Å². The molecule has 1 aromatic carbocycles. The van der Waals surface area contributed by atoms with Crippen molar-refractivity contribution >= 4 is 15.9 Å². The van der Waals surface area contributed by atoms with Crippen molar-refractivity contribution in [3.8, 4) is 0 Å². The van der Waals surface area contributed by atoms with Crippen LogP contribution in [-0.2, 0) is 6.54 Å². The van der Waals surface area contributed by atoms with Crippen LogP contribution in [0.2, 0.25) is 0 Å². The number of hydrogen-bond acceptors (Lipinski definition) is 2. The predicted octanol–water partition coefficient (Wildman–Crippen LogP) is 3.86. The van der Waals surface area contributed by atoms with Crippen molar-refractivity contribution in [3.05, 3.63) is 33.8 Å². The van der Waals surface area contributed by atoms with Crippen LogP contribution < -0.4 is 5.32 Å². The van der Waals surface area contributed by atoms with Crippen LogP contribution in [0.3, 0.4) is 0 Å². The van der Waals surface area contributed by atoms with E-state index in [1.165, 1.54) is 60.8 Å². The molecule has 1 N–H and O–H groups in total. The Labute approximate surface area is 131 Å². The van der Waals surface area contributed by atoms with E-state index in [-0.39, 0.29) is 0 Å². The summed E-state index contributed by atoms with van der Waals surface area (Å²) >= 11 is 3.60. The zero-order chi connectivity index (χ0) is 13.9. The van der Waals surface area contributed by atoms with E-state index in [0.29, 0.717) is 0 Å². The first-order chi connectivity index (χ1) is 9.74. The molecule has 2 aliphatic heterocycles. The van der Waals surface area contributed by atoms with Gasteiger partial charge in [-0.25, -0.2) is 0 Å². The first-order valence-electron chi connectivity index (χ1n) is 7.96. The van der Waals surface area contributed by atoms with E-state index in [2.05, 4.69) is 51.3 Å². The quantitative estimate of drug-likeness (QED) is 0.901. The third-order valence-electron chi connectivity index (χ3n) is 4.84. The fourth-order valence-electron chi connectivity index (χ4n) is 3.75. The monoisotopic (exact) mass is 336 g/mol. The van der Waals surface area contributed by atoms with Gasteiger partial charge in [0.05, 0.1) is 0 Å². The Kier molecular flexibility index (Phi) is 4.79. The maximum atomic E-state index is 3.71. The molecule has 2 heterocycles. The Morgan fingerprint density at radius 3 is 2.90 bits per heavy atom. The van der Waals surface area contributed by atoms with Crippen LogP contribution in [0.5, 0.6) is 0 Å². The fraction of sp³-hybridized carbons (Fsp3) is 0.647. The Hall–Kier alpha value is -0.380. The summed E-state index contributed by atoms with van der Waals surface area (Å²) in [6.07, 6.45) is 6.84. The Balaban J connectivity index is 1.71. The van der Waals surface area contributed by atoms with Crippen LogP contribution in [0.4, 0.5) is 0 Å². The molecule has 3 heteroatoms. The van der Waals surface area contributed by atoms with Gasteiger partial charge in [-0.05, 0) is 62.9 Å². The van der Waals surface area contributed by atoms with E-state index in [0.717, 1.165) is 18.6 Å². The molecule has 1 aromatic rings. The van der Waals surface area contributed by atoms with Gasteiger partial charge in [-0.2, -0.15) is 0 Å². The molecule has 0 radical (unpaired) electrons. The molecular weight excluding hydrogens is 312 g/mol. The third kappa shape index (κ3) is 3.26. The van der Waals surface area contributed by atoms with Crippen LogP contribution in [0, 0.1) is 6.92 Å². The molecule has 0 bridgehead atoms. The van der Waals surface area contributed by atoms with Gasteiger partial charge in [-0.1, -0.05) is 34.5 Å². The number of aryl methyl sites for hydroxylation is 1. The Morgan fingerprint density at radius 2 is 2.15 bits per heavy atom. The minimum atomic E-state index is 0.729. The SMILES string of the molecule is Cc1cc(CN2CCCCC2C2CCCN2)ccc1Br. The van der Waals surface area contributed by atoms with Crippen molar-refractivity contribution in [1.29, 1.82) is 0 Å². The first-order valence-corrected chi connectivity index (χ1v) is 8.76. The molecular formula is C17H25BrN2. The molecule has 2 unspecified atom stereocenters. The van der Waals surface area contributed by atoms with E-state index in [1.54, 1.807) is 0 Å². The lowest BCUT2D eigenvalue weighted by Crippen LogP contribution is -2.49. The number of likely N-dealkylation sites (tertiary alicyclic amines) is 1. The molecule has 2 atom stereocenters. The number of nitrogens with one attached hydrogen (secondary N) is 1. The van der Waals surface area contributed by atoms with Crippen molar-refractivity contribution in [1.82, 2.24) is 10.2 Å². The topological polar surface area (TPSA) is 15.3 Å². The maximum Gasteiger partial charge on any atom is 0.0252 e. The zero-order valence-electron chi connectivity index (χ0n) is 12.4. The molecule has 20 heavy (non-hydrogen) atoms. The molecule has 0 aliphatic carbocycles. The van der Waals surface area contributed by atoms with E-state index in [4.69, 9.17) is 0 Å². The molecule has 0 amide bonds. The molecule has 110 valence electrons. The lowest BCUT2D eigenvalue weighted by atomic mass is 9.94. The standard InChI is InChI=1S/C17H25BrN2/c1-13-11-14(7-8-15(13)18)12-20-10-3-2-6-17(20)16-5-4-9-19-16/h7-8,11,16-17,19H,2-6,9-10,12H2,1H3. The third-order valence-corrected chi connectivity index (χ3v) is 5.72. The summed E-state index contributed by atoms with van der Waals surface area (Å²) in [6, 6.07) is 8.27. The van der Waals surface area contributed by atoms with Gasteiger partial charge >= 0.3 is 0 Å². The maximum absolute atomic E-state index is 3.71. The lowest BCUT2D eigenvalue weighted by Gasteiger charge is -2.39. The minimum absolute atomic E-state index is 0.729. The highest BCUT2D eigenvalue weighted by Gasteiger charge is 2.31. The Bertz CT molecular complexity index is 454. The highest BCUT2D eigenvalue weighted by atomic mass is 79.9. The number of hydrogen-bond donors (Lipinski definition) is 1. The van der Waals surface area contributed by atoms with Gasteiger partial charge in [-0.15, -0.1) is 0 Å². The van der Waals surface area contributed by atoms with Gasteiger partial charge in [0.15, 0.2) is 0 Å². The zero-order valence-corrected chi connectivity index (χ0v) is 14.0. The van der Waals surface area contributed by atoms with E-state index in [1.807, 2.05) is 0 Å². The lowest BCUT2D eigenvalue weighted by molar-refractivity contribution is 0.112. The van der Waals surface area contributed by atoms with Gasteiger partial charge in [-0.3, -0.25) is 4.90 Å². The predicted molar refractivity (Wildman–Crippen MR) is 88.0 cm³/mol. The van der Waals surface area contributed by atoms with Gasteiger partial charge in [0, 0.05) is 23.1 Å². The molecule has 0 aromatic heterocycles. The summed E-state index contributed by atoms with van der Waals surface area (Å²) in [6.45, 7) is 5.76. The summed E-state index contributed by atoms with van der Waals surface area (Å²) in [5, 5.41) is 3.71. The van der Waals surface area contributed by atoms with E-state index >= 15 is 0 Å². The average Bonchev–Trinajstić information content (AvgIpc) is 2.97. The van der Waals surface area contributed by atoms with Gasteiger partial charge in [0.1, 0.15) is 0 Å². The van der Waals surface area contributed by atoms with Crippen LogP contribution in [0.1, 0.15) is 43.2 Å². The molecule has 3 rings (SSSR count). The first kappa shape index (κ1) is 14.6. The summed E-state index contributed by atoms with van der Waals surface area (Å²) in [5.41, 5.74) is 2.80. The molecule has 0 spiro atoms. The highest BCUT2D eigenvalue weighted by Crippen LogP contribution is 2.26. The van der Waals surface area contributed by atoms with Crippen molar-refractivity contribution in [2.75, 3.05) is 13.1 Å². The summed E-state index contributed by atoms with van der Waals surface area (Å²) in [4.78, 5) is 2.72. The van der Waals surface area contributed by atoms with Crippen molar-refractivity contribution in [2.24, 2.45) is 0 Å². The second kappa shape index (κ2) is 6.59.